The molecule has 3 heteroatoms. The summed E-state index contributed by atoms with van der Waals surface area (Å²) in [7, 11) is 0. The second kappa shape index (κ2) is 7.66. The van der Waals surface area contributed by atoms with Gasteiger partial charge in [0.15, 0.2) is 0 Å². The molecule has 0 aliphatic carbocycles. The van der Waals surface area contributed by atoms with Gasteiger partial charge in [-0.1, -0.05) is 32.6 Å². The molecule has 1 aromatic heterocycles. The zero-order chi connectivity index (χ0) is 11.8. The molecule has 0 atom stereocenters. The van der Waals surface area contributed by atoms with Gasteiger partial charge in [0.1, 0.15) is 4.60 Å². The van der Waals surface area contributed by atoms with Crippen molar-refractivity contribution < 1.29 is 0 Å². The number of anilines is 1. The largest absolute Gasteiger partial charge is 0.384 e. The SMILES string of the molecule is CCCCCCCNc1cnc(Br)c(C)c1. The molecule has 90 valence electrons. The first-order chi connectivity index (χ1) is 7.74. The molecule has 1 aromatic rings. The van der Waals surface area contributed by atoms with Gasteiger partial charge < -0.3 is 5.32 Å². The van der Waals surface area contributed by atoms with Gasteiger partial charge in [-0.05, 0) is 40.9 Å². The number of aromatic nitrogens is 1. The Morgan fingerprint density at radius 3 is 2.69 bits per heavy atom. The first-order valence-corrected chi connectivity index (χ1v) is 6.89. The van der Waals surface area contributed by atoms with Crippen LogP contribution in [-0.4, -0.2) is 11.5 Å². The maximum atomic E-state index is 4.26. The summed E-state index contributed by atoms with van der Waals surface area (Å²) in [5.74, 6) is 0. The monoisotopic (exact) mass is 284 g/mol. The van der Waals surface area contributed by atoms with Crippen LogP contribution in [0.2, 0.25) is 0 Å². The lowest BCUT2D eigenvalue weighted by atomic mass is 10.1. The number of nitrogens with one attached hydrogen (secondary N) is 1. The molecule has 0 aliphatic heterocycles. The second-order valence-electron chi connectivity index (χ2n) is 4.17. The third kappa shape index (κ3) is 4.97. The van der Waals surface area contributed by atoms with E-state index in [0.717, 1.165) is 16.8 Å². The van der Waals surface area contributed by atoms with Crippen LogP contribution in [0.5, 0.6) is 0 Å². The lowest BCUT2D eigenvalue weighted by molar-refractivity contribution is 0.645. The Hall–Kier alpha value is -0.570. The summed E-state index contributed by atoms with van der Waals surface area (Å²) < 4.78 is 0.931. The predicted octanol–water partition coefficient (Wildman–Crippen LogP) is 4.53. The number of aryl methyl sites for hydroxylation is 1. The van der Waals surface area contributed by atoms with E-state index in [1.807, 2.05) is 6.20 Å². The number of halogens is 1. The van der Waals surface area contributed by atoms with Crippen molar-refractivity contribution in [2.45, 2.75) is 46.0 Å². The zero-order valence-electron chi connectivity index (χ0n) is 10.2. The number of rotatable bonds is 7. The van der Waals surface area contributed by atoms with Crippen LogP contribution >= 0.6 is 15.9 Å². The summed E-state index contributed by atoms with van der Waals surface area (Å²) in [6.45, 7) is 5.35. The molecule has 0 spiro atoms. The molecule has 1 N–H and O–H groups in total. The third-order valence-corrected chi connectivity index (χ3v) is 3.45. The van der Waals surface area contributed by atoms with Crippen molar-refractivity contribution in [1.29, 1.82) is 0 Å². The molecule has 0 saturated heterocycles. The van der Waals surface area contributed by atoms with Crippen LogP contribution in [0.3, 0.4) is 0 Å². The van der Waals surface area contributed by atoms with E-state index in [9.17, 15) is 0 Å². The molecule has 0 aromatic carbocycles. The van der Waals surface area contributed by atoms with E-state index in [2.05, 4.69) is 46.1 Å². The van der Waals surface area contributed by atoms with Crippen LogP contribution in [0.25, 0.3) is 0 Å². The fraction of sp³-hybridized carbons (Fsp3) is 0.615. The normalized spacial score (nSPS) is 10.4. The van der Waals surface area contributed by atoms with E-state index in [0.29, 0.717) is 0 Å². The molecule has 0 amide bonds. The molecular weight excluding hydrogens is 264 g/mol. The van der Waals surface area contributed by atoms with Crippen LogP contribution in [0.15, 0.2) is 16.9 Å². The highest BCUT2D eigenvalue weighted by molar-refractivity contribution is 9.10. The highest BCUT2D eigenvalue weighted by Gasteiger charge is 1.97. The molecule has 0 bridgehead atoms. The van der Waals surface area contributed by atoms with E-state index in [4.69, 9.17) is 0 Å². The molecule has 0 unspecified atom stereocenters. The number of pyridine rings is 1. The van der Waals surface area contributed by atoms with Gasteiger partial charge in [0, 0.05) is 6.54 Å². The molecule has 1 heterocycles. The van der Waals surface area contributed by atoms with Gasteiger partial charge in [-0.15, -0.1) is 0 Å². The maximum absolute atomic E-state index is 4.26. The zero-order valence-corrected chi connectivity index (χ0v) is 11.8. The van der Waals surface area contributed by atoms with Crippen molar-refractivity contribution in [2.75, 3.05) is 11.9 Å². The average Bonchev–Trinajstić information content (AvgIpc) is 2.28. The number of nitrogens with zero attached hydrogens (tertiary/aromatic N) is 1. The minimum atomic E-state index is 0.931. The summed E-state index contributed by atoms with van der Waals surface area (Å²) in [4.78, 5) is 4.26. The molecule has 0 aliphatic rings. The van der Waals surface area contributed by atoms with Gasteiger partial charge >= 0.3 is 0 Å². The van der Waals surface area contributed by atoms with Crippen LogP contribution in [0.4, 0.5) is 5.69 Å². The first-order valence-electron chi connectivity index (χ1n) is 6.10. The van der Waals surface area contributed by atoms with E-state index >= 15 is 0 Å². The number of hydrogen-bond acceptors (Lipinski definition) is 2. The van der Waals surface area contributed by atoms with Crippen LogP contribution in [0.1, 0.15) is 44.6 Å². The summed E-state index contributed by atoms with van der Waals surface area (Å²) in [6, 6.07) is 2.13. The smallest absolute Gasteiger partial charge is 0.109 e. The number of hydrogen-bond donors (Lipinski definition) is 1. The minimum absolute atomic E-state index is 0.931. The van der Waals surface area contributed by atoms with Gasteiger partial charge in [0.2, 0.25) is 0 Å². The fourth-order valence-electron chi connectivity index (χ4n) is 1.62. The first kappa shape index (κ1) is 13.5. The molecule has 0 radical (unpaired) electrons. The molecule has 2 nitrogen and oxygen atoms in total. The van der Waals surface area contributed by atoms with Crippen LogP contribution in [-0.2, 0) is 0 Å². The second-order valence-corrected chi connectivity index (χ2v) is 4.92. The van der Waals surface area contributed by atoms with Crippen molar-refractivity contribution in [3.05, 3.63) is 22.4 Å². The fourth-order valence-corrected chi connectivity index (χ4v) is 1.83. The van der Waals surface area contributed by atoms with Gasteiger partial charge in [-0.2, -0.15) is 0 Å². The van der Waals surface area contributed by atoms with Crippen molar-refractivity contribution in [2.24, 2.45) is 0 Å². The van der Waals surface area contributed by atoms with Gasteiger partial charge in [-0.3, -0.25) is 0 Å². The van der Waals surface area contributed by atoms with E-state index in [-0.39, 0.29) is 0 Å². The Kier molecular flexibility index (Phi) is 6.46. The maximum Gasteiger partial charge on any atom is 0.109 e. The van der Waals surface area contributed by atoms with Crippen LogP contribution in [0, 0.1) is 6.92 Å². The van der Waals surface area contributed by atoms with Gasteiger partial charge in [0.05, 0.1) is 11.9 Å². The van der Waals surface area contributed by atoms with Crippen molar-refractivity contribution in [3.8, 4) is 0 Å². The van der Waals surface area contributed by atoms with E-state index in [1.54, 1.807) is 0 Å². The van der Waals surface area contributed by atoms with Crippen molar-refractivity contribution in [1.82, 2.24) is 4.98 Å². The highest BCUT2D eigenvalue weighted by Crippen LogP contribution is 2.16. The molecule has 0 saturated carbocycles. The summed E-state index contributed by atoms with van der Waals surface area (Å²) in [5, 5.41) is 3.41. The quantitative estimate of drug-likeness (QED) is 0.588. The highest BCUT2D eigenvalue weighted by atomic mass is 79.9. The average molecular weight is 285 g/mol. The Bertz CT molecular complexity index is 313. The van der Waals surface area contributed by atoms with Gasteiger partial charge in [0.25, 0.3) is 0 Å². The van der Waals surface area contributed by atoms with Gasteiger partial charge in [-0.25, -0.2) is 4.98 Å². The standard InChI is InChI=1S/C13H21BrN2/c1-3-4-5-6-7-8-15-12-9-11(2)13(14)16-10-12/h9-10,15H,3-8H2,1-2H3. The molecule has 1 rings (SSSR count). The molecular formula is C13H21BrN2. The lowest BCUT2D eigenvalue weighted by Gasteiger charge is -2.07. The number of unbranched alkanes of at least 4 members (excludes halogenated alkanes) is 4. The lowest BCUT2D eigenvalue weighted by Crippen LogP contribution is -2.02. The molecule has 16 heavy (non-hydrogen) atoms. The van der Waals surface area contributed by atoms with Crippen molar-refractivity contribution >= 4 is 21.6 Å². The summed E-state index contributed by atoms with van der Waals surface area (Å²) in [6.07, 6.45) is 8.47. The van der Waals surface area contributed by atoms with Crippen molar-refractivity contribution in [3.63, 3.8) is 0 Å². The summed E-state index contributed by atoms with van der Waals surface area (Å²) >= 11 is 3.40. The molecule has 0 fully saturated rings. The van der Waals surface area contributed by atoms with E-state index in [1.165, 1.54) is 37.7 Å². The Labute approximate surface area is 107 Å². The third-order valence-electron chi connectivity index (χ3n) is 2.62. The summed E-state index contributed by atoms with van der Waals surface area (Å²) in [5.41, 5.74) is 2.30. The Morgan fingerprint density at radius 1 is 1.25 bits per heavy atom. The topological polar surface area (TPSA) is 24.9 Å². The van der Waals surface area contributed by atoms with Crippen LogP contribution < -0.4 is 5.32 Å². The minimum Gasteiger partial charge on any atom is -0.384 e. The predicted molar refractivity (Wildman–Crippen MR) is 73.9 cm³/mol. The van der Waals surface area contributed by atoms with E-state index < -0.39 is 0 Å². The Morgan fingerprint density at radius 2 is 2.00 bits per heavy atom. The Balaban J connectivity index is 2.19.